The summed E-state index contributed by atoms with van der Waals surface area (Å²) in [6, 6.07) is 3.67. The molecule has 2 aromatic heterocycles. The van der Waals surface area contributed by atoms with Gasteiger partial charge in [-0.25, -0.2) is 0 Å². The van der Waals surface area contributed by atoms with Gasteiger partial charge in [0.2, 0.25) is 11.8 Å². The van der Waals surface area contributed by atoms with Crippen LogP contribution in [0.3, 0.4) is 0 Å². The maximum atomic E-state index is 12.2. The first-order chi connectivity index (χ1) is 13.4. The Bertz CT molecular complexity index is 771. The normalized spacial score (nSPS) is 12.2. The molecule has 0 radical (unpaired) electrons. The Labute approximate surface area is 170 Å². The van der Waals surface area contributed by atoms with Crippen molar-refractivity contribution in [2.24, 2.45) is 5.92 Å². The van der Waals surface area contributed by atoms with Crippen molar-refractivity contribution >= 4 is 30.3 Å². The molecule has 2 amide bonds. The van der Waals surface area contributed by atoms with Gasteiger partial charge in [0.1, 0.15) is 5.76 Å². The number of carbonyl (C=O) groups excluding carboxylic acids is 2. The number of aromatic amines is 1. The fourth-order valence-electron chi connectivity index (χ4n) is 2.90. The zero-order valence-electron chi connectivity index (χ0n) is 16.6. The van der Waals surface area contributed by atoms with Crippen LogP contribution in [0.25, 0.3) is 0 Å². The number of hydrogen-bond donors (Lipinski definition) is 4. The maximum absolute atomic E-state index is 12.2. The number of aromatic nitrogens is 3. The molecule has 2 aromatic rings. The third-order valence-electron chi connectivity index (χ3n) is 4.19. The molecule has 0 aliphatic rings. The minimum atomic E-state index is -0.214. The van der Waals surface area contributed by atoms with E-state index in [1.54, 1.807) is 13.0 Å². The molecular formula is C19H29N5O3S. The van der Waals surface area contributed by atoms with Gasteiger partial charge in [0, 0.05) is 29.8 Å². The highest BCUT2D eigenvalue weighted by Gasteiger charge is 2.18. The fraction of sp³-hybridized carbons (Fsp3) is 0.579. The van der Waals surface area contributed by atoms with Gasteiger partial charge in [-0.15, -0.1) is 0 Å². The first kappa shape index (κ1) is 22.0. The third kappa shape index (κ3) is 7.38. The second-order valence-corrected chi connectivity index (χ2v) is 7.65. The van der Waals surface area contributed by atoms with Gasteiger partial charge in [-0.05, 0) is 52.2 Å². The Kier molecular flexibility index (Phi) is 8.56. The molecule has 28 heavy (non-hydrogen) atoms. The highest BCUT2D eigenvalue weighted by atomic mass is 32.1. The van der Waals surface area contributed by atoms with E-state index in [1.165, 1.54) is 0 Å². The van der Waals surface area contributed by atoms with E-state index in [1.807, 2.05) is 19.9 Å². The fourth-order valence-corrected chi connectivity index (χ4v) is 3.21. The molecule has 1 atom stereocenters. The van der Waals surface area contributed by atoms with Crippen LogP contribution in [0, 0.1) is 12.8 Å². The van der Waals surface area contributed by atoms with Crippen LogP contribution >= 0.6 is 12.6 Å². The number of thiol groups is 1. The molecule has 0 unspecified atom stereocenters. The molecule has 8 nitrogen and oxygen atoms in total. The Morgan fingerprint density at radius 1 is 1.29 bits per heavy atom. The van der Waals surface area contributed by atoms with Crippen molar-refractivity contribution in [3.63, 3.8) is 0 Å². The standard InChI is InChI=1S/C19H29N5O3S/c1-12(2)20-19(26)14(7-8-28)5-4-6-15-10-17(23-22-15)21-18(25)11-16-9-13(3)24-27-16/h9-10,12,14,28H,4-8,11H2,1-3H3,(H,20,26)(H2,21,22,23,25)/t14-/m0/s1. The van der Waals surface area contributed by atoms with E-state index >= 15 is 0 Å². The number of hydrogen-bond acceptors (Lipinski definition) is 6. The lowest BCUT2D eigenvalue weighted by molar-refractivity contribution is -0.125. The van der Waals surface area contributed by atoms with Gasteiger partial charge in [0.15, 0.2) is 5.82 Å². The number of aryl methyl sites for hydroxylation is 2. The molecule has 0 aromatic carbocycles. The molecule has 2 rings (SSSR count). The SMILES string of the molecule is Cc1cc(CC(=O)Nc2cc(CCC[C@@H](CCS)C(=O)NC(C)C)[nH]n2)on1. The van der Waals surface area contributed by atoms with Crippen molar-refractivity contribution in [2.45, 2.75) is 58.9 Å². The minimum absolute atomic E-state index is 0.0349. The van der Waals surface area contributed by atoms with Gasteiger partial charge in [0.25, 0.3) is 0 Å². The van der Waals surface area contributed by atoms with E-state index in [2.05, 4.69) is 38.6 Å². The Hall–Kier alpha value is -2.29. The van der Waals surface area contributed by atoms with Gasteiger partial charge in [-0.3, -0.25) is 14.7 Å². The zero-order chi connectivity index (χ0) is 20.5. The maximum Gasteiger partial charge on any atom is 0.233 e. The van der Waals surface area contributed by atoms with Crippen molar-refractivity contribution < 1.29 is 14.1 Å². The highest BCUT2D eigenvalue weighted by molar-refractivity contribution is 7.80. The molecule has 0 bridgehead atoms. The summed E-state index contributed by atoms with van der Waals surface area (Å²) in [7, 11) is 0. The summed E-state index contributed by atoms with van der Waals surface area (Å²) in [6.07, 6.45) is 3.25. The Morgan fingerprint density at radius 3 is 2.71 bits per heavy atom. The zero-order valence-corrected chi connectivity index (χ0v) is 17.5. The van der Waals surface area contributed by atoms with E-state index in [4.69, 9.17) is 4.52 Å². The monoisotopic (exact) mass is 407 g/mol. The lowest BCUT2D eigenvalue weighted by Crippen LogP contribution is -2.35. The van der Waals surface area contributed by atoms with Crippen molar-refractivity contribution in [3.05, 3.63) is 29.3 Å². The molecule has 154 valence electrons. The van der Waals surface area contributed by atoms with Crippen LogP contribution in [0.4, 0.5) is 5.82 Å². The second kappa shape index (κ2) is 10.9. The first-order valence-corrected chi connectivity index (χ1v) is 10.2. The average molecular weight is 408 g/mol. The predicted molar refractivity (Wildman–Crippen MR) is 110 cm³/mol. The molecule has 0 fully saturated rings. The Morgan fingerprint density at radius 2 is 2.07 bits per heavy atom. The van der Waals surface area contributed by atoms with Crippen molar-refractivity contribution in [2.75, 3.05) is 11.1 Å². The van der Waals surface area contributed by atoms with Crippen molar-refractivity contribution in [1.29, 1.82) is 0 Å². The van der Waals surface area contributed by atoms with E-state index in [0.29, 0.717) is 17.3 Å². The van der Waals surface area contributed by atoms with Gasteiger partial charge in [0.05, 0.1) is 12.1 Å². The largest absolute Gasteiger partial charge is 0.361 e. The quantitative estimate of drug-likeness (QED) is 0.428. The molecule has 3 N–H and O–H groups in total. The average Bonchev–Trinajstić information content (AvgIpc) is 3.22. The second-order valence-electron chi connectivity index (χ2n) is 7.20. The minimum Gasteiger partial charge on any atom is -0.361 e. The van der Waals surface area contributed by atoms with E-state index < -0.39 is 0 Å². The summed E-state index contributed by atoms with van der Waals surface area (Å²) < 4.78 is 5.04. The smallest absolute Gasteiger partial charge is 0.233 e. The molecule has 0 spiro atoms. The molecule has 0 aliphatic heterocycles. The van der Waals surface area contributed by atoms with Crippen LogP contribution in [0.2, 0.25) is 0 Å². The van der Waals surface area contributed by atoms with Crippen LogP contribution in [0.5, 0.6) is 0 Å². The van der Waals surface area contributed by atoms with Crippen LogP contribution in [0.1, 0.15) is 50.3 Å². The van der Waals surface area contributed by atoms with Gasteiger partial charge >= 0.3 is 0 Å². The summed E-state index contributed by atoms with van der Waals surface area (Å²) in [5, 5.41) is 16.5. The lowest BCUT2D eigenvalue weighted by Gasteiger charge is -2.17. The van der Waals surface area contributed by atoms with Crippen molar-refractivity contribution in [1.82, 2.24) is 20.7 Å². The summed E-state index contributed by atoms with van der Waals surface area (Å²) in [5.74, 6) is 1.51. The van der Waals surface area contributed by atoms with Crippen molar-refractivity contribution in [3.8, 4) is 0 Å². The molecule has 9 heteroatoms. The topological polar surface area (TPSA) is 113 Å². The van der Waals surface area contributed by atoms with Crippen LogP contribution < -0.4 is 10.6 Å². The summed E-state index contributed by atoms with van der Waals surface area (Å²) in [6.45, 7) is 5.72. The van der Waals surface area contributed by atoms with E-state index in [9.17, 15) is 9.59 Å². The van der Waals surface area contributed by atoms with E-state index in [0.717, 1.165) is 37.1 Å². The number of rotatable bonds is 11. The Balaban J connectivity index is 1.78. The number of nitrogens with zero attached hydrogens (tertiary/aromatic N) is 2. The number of H-pyrrole nitrogens is 1. The molecular weight excluding hydrogens is 378 g/mol. The third-order valence-corrected chi connectivity index (χ3v) is 4.45. The number of amides is 2. The van der Waals surface area contributed by atoms with Crippen LogP contribution in [-0.2, 0) is 22.4 Å². The molecule has 0 saturated carbocycles. The first-order valence-electron chi connectivity index (χ1n) is 9.55. The highest BCUT2D eigenvalue weighted by Crippen LogP contribution is 2.16. The molecule has 0 saturated heterocycles. The number of anilines is 1. The number of carbonyl (C=O) groups is 2. The summed E-state index contributed by atoms with van der Waals surface area (Å²) >= 11 is 4.26. The van der Waals surface area contributed by atoms with Crippen LogP contribution in [-0.4, -0.2) is 39.0 Å². The van der Waals surface area contributed by atoms with Gasteiger partial charge in [-0.1, -0.05) is 5.16 Å². The lowest BCUT2D eigenvalue weighted by atomic mass is 9.97. The van der Waals surface area contributed by atoms with E-state index in [-0.39, 0.29) is 30.2 Å². The van der Waals surface area contributed by atoms with Crippen LogP contribution in [0.15, 0.2) is 16.7 Å². The molecule has 2 heterocycles. The van der Waals surface area contributed by atoms with Gasteiger partial charge < -0.3 is 15.2 Å². The number of nitrogens with one attached hydrogen (secondary N) is 3. The van der Waals surface area contributed by atoms with Gasteiger partial charge in [-0.2, -0.15) is 17.7 Å². The predicted octanol–water partition coefficient (Wildman–Crippen LogP) is 2.67. The summed E-state index contributed by atoms with van der Waals surface area (Å²) in [5.41, 5.74) is 1.66. The summed E-state index contributed by atoms with van der Waals surface area (Å²) in [4.78, 5) is 24.3. The molecule has 0 aliphatic carbocycles.